The van der Waals surface area contributed by atoms with Gasteiger partial charge >= 0.3 is 6.09 Å². The van der Waals surface area contributed by atoms with Crippen molar-refractivity contribution in [2.75, 3.05) is 24.5 Å². The zero-order valence-electron chi connectivity index (χ0n) is 9.59. The molecule has 2 N–H and O–H groups in total. The summed E-state index contributed by atoms with van der Waals surface area (Å²) in [4.78, 5) is 28.1. The molecule has 1 aromatic heterocycles. The molecule has 0 aliphatic carbocycles. The predicted molar refractivity (Wildman–Crippen MR) is 63.5 cm³/mol. The van der Waals surface area contributed by atoms with Gasteiger partial charge in [-0.05, 0) is 13.0 Å². The van der Waals surface area contributed by atoms with E-state index in [-0.39, 0.29) is 11.6 Å². The summed E-state index contributed by atoms with van der Waals surface area (Å²) in [6.07, 6.45) is 0.717. The third-order valence-corrected chi connectivity index (χ3v) is 3.00. The zero-order valence-corrected chi connectivity index (χ0v) is 9.59. The van der Waals surface area contributed by atoms with Crippen LogP contribution in [0.15, 0.2) is 23.1 Å². The maximum absolute atomic E-state index is 11.2. The van der Waals surface area contributed by atoms with Gasteiger partial charge in [0.25, 0.3) is 0 Å². The van der Waals surface area contributed by atoms with E-state index < -0.39 is 6.09 Å². The minimum Gasteiger partial charge on any atom is -0.465 e. The molecule has 2 rings (SSSR count). The molecule has 1 aromatic rings. The molecule has 6 nitrogen and oxygen atoms in total. The topological polar surface area (TPSA) is 76.6 Å². The van der Waals surface area contributed by atoms with Crippen LogP contribution in [0.5, 0.6) is 0 Å². The van der Waals surface area contributed by atoms with Crippen molar-refractivity contribution in [2.24, 2.45) is 0 Å². The lowest BCUT2D eigenvalue weighted by molar-refractivity contribution is 0.122. The van der Waals surface area contributed by atoms with Gasteiger partial charge < -0.3 is 19.9 Å². The van der Waals surface area contributed by atoms with E-state index in [1.54, 1.807) is 6.20 Å². The lowest BCUT2D eigenvalue weighted by atomic mass is 10.2. The molecule has 0 saturated carbocycles. The number of anilines is 1. The Labute approximate surface area is 98.5 Å². The highest BCUT2D eigenvalue weighted by Gasteiger charge is 2.27. The van der Waals surface area contributed by atoms with Crippen molar-refractivity contribution < 1.29 is 9.90 Å². The predicted octanol–water partition coefficient (Wildman–Crippen LogP) is 0.563. The Morgan fingerprint density at radius 2 is 2.29 bits per heavy atom. The van der Waals surface area contributed by atoms with Crippen LogP contribution in [0.1, 0.15) is 6.92 Å². The number of hydrogen-bond acceptors (Lipinski definition) is 3. The number of carboxylic acid groups (broad SMARTS) is 1. The highest BCUT2D eigenvalue weighted by Crippen LogP contribution is 2.17. The van der Waals surface area contributed by atoms with Crippen LogP contribution < -0.4 is 10.5 Å². The molecule has 1 saturated heterocycles. The summed E-state index contributed by atoms with van der Waals surface area (Å²) in [6, 6.07) is 3.29. The van der Waals surface area contributed by atoms with Gasteiger partial charge in [0.2, 0.25) is 5.56 Å². The van der Waals surface area contributed by atoms with Gasteiger partial charge in [-0.2, -0.15) is 0 Å². The molecule has 0 radical (unpaired) electrons. The number of nitrogens with zero attached hydrogens (tertiary/aromatic N) is 2. The summed E-state index contributed by atoms with van der Waals surface area (Å²) >= 11 is 0. The third-order valence-electron chi connectivity index (χ3n) is 3.00. The molecule has 1 atom stereocenters. The van der Waals surface area contributed by atoms with Gasteiger partial charge in [0.05, 0.1) is 0 Å². The zero-order chi connectivity index (χ0) is 12.4. The van der Waals surface area contributed by atoms with E-state index >= 15 is 0 Å². The van der Waals surface area contributed by atoms with Crippen molar-refractivity contribution in [2.45, 2.75) is 13.0 Å². The number of piperazine rings is 1. The Balaban J connectivity index is 2.12. The summed E-state index contributed by atoms with van der Waals surface area (Å²) in [5.41, 5.74) is 0.696. The fraction of sp³-hybridized carbons (Fsp3) is 0.455. The molecule has 0 spiro atoms. The second kappa shape index (κ2) is 4.48. The van der Waals surface area contributed by atoms with Gasteiger partial charge in [-0.25, -0.2) is 4.79 Å². The van der Waals surface area contributed by atoms with Gasteiger partial charge in [-0.3, -0.25) is 4.79 Å². The summed E-state index contributed by atoms with van der Waals surface area (Å²) in [5, 5.41) is 8.96. The molecule has 0 bridgehead atoms. The van der Waals surface area contributed by atoms with Crippen LogP contribution in [0.25, 0.3) is 0 Å². The van der Waals surface area contributed by atoms with Gasteiger partial charge in [0, 0.05) is 43.6 Å². The smallest absolute Gasteiger partial charge is 0.407 e. The first kappa shape index (κ1) is 11.5. The minimum absolute atomic E-state index is 0.0689. The van der Waals surface area contributed by atoms with Crippen molar-refractivity contribution in [1.29, 1.82) is 0 Å². The van der Waals surface area contributed by atoms with E-state index in [4.69, 9.17) is 5.11 Å². The van der Waals surface area contributed by atoms with Gasteiger partial charge in [0.1, 0.15) is 0 Å². The van der Waals surface area contributed by atoms with E-state index in [2.05, 4.69) is 4.98 Å². The summed E-state index contributed by atoms with van der Waals surface area (Å²) in [7, 11) is 0. The van der Waals surface area contributed by atoms with Crippen LogP contribution in [0.3, 0.4) is 0 Å². The number of aromatic amines is 1. The third kappa shape index (κ3) is 2.41. The first-order valence-electron chi connectivity index (χ1n) is 5.51. The van der Waals surface area contributed by atoms with Crippen molar-refractivity contribution in [3.63, 3.8) is 0 Å². The van der Waals surface area contributed by atoms with Crippen LogP contribution >= 0.6 is 0 Å². The Bertz CT molecular complexity index is 471. The molecular formula is C11H15N3O3. The average molecular weight is 237 g/mol. The minimum atomic E-state index is -0.886. The Morgan fingerprint density at radius 3 is 2.88 bits per heavy atom. The molecular weight excluding hydrogens is 222 g/mol. The van der Waals surface area contributed by atoms with E-state index in [0.717, 1.165) is 5.69 Å². The lowest BCUT2D eigenvalue weighted by Gasteiger charge is -2.39. The number of rotatable bonds is 1. The molecule has 1 fully saturated rings. The highest BCUT2D eigenvalue weighted by atomic mass is 16.4. The van der Waals surface area contributed by atoms with Crippen molar-refractivity contribution in [1.82, 2.24) is 9.88 Å². The van der Waals surface area contributed by atoms with Crippen LogP contribution in [0.4, 0.5) is 10.5 Å². The number of hydrogen-bond donors (Lipinski definition) is 2. The number of aromatic nitrogens is 1. The number of amides is 1. The second-order valence-electron chi connectivity index (χ2n) is 4.18. The highest BCUT2D eigenvalue weighted by molar-refractivity contribution is 5.66. The molecule has 1 aliphatic heterocycles. The van der Waals surface area contributed by atoms with Crippen molar-refractivity contribution in [3.05, 3.63) is 28.7 Å². The molecule has 2 heterocycles. The maximum atomic E-state index is 11.2. The SMILES string of the molecule is CC1CN(c2cc[nH]c(=O)c2)CCN1C(=O)O. The Kier molecular flexibility index (Phi) is 3.03. The molecule has 1 aliphatic rings. The number of pyridine rings is 1. The number of H-pyrrole nitrogens is 1. The summed E-state index contributed by atoms with van der Waals surface area (Å²) < 4.78 is 0. The quantitative estimate of drug-likeness (QED) is 0.748. The maximum Gasteiger partial charge on any atom is 0.407 e. The lowest BCUT2D eigenvalue weighted by Crippen LogP contribution is -2.53. The van der Waals surface area contributed by atoms with Crippen LogP contribution in [0.2, 0.25) is 0 Å². The fourth-order valence-corrected chi connectivity index (χ4v) is 2.11. The fourth-order valence-electron chi connectivity index (χ4n) is 2.11. The Hall–Kier alpha value is -1.98. The second-order valence-corrected chi connectivity index (χ2v) is 4.18. The first-order chi connectivity index (χ1) is 8.08. The molecule has 6 heteroatoms. The number of nitrogens with one attached hydrogen (secondary N) is 1. The molecule has 17 heavy (non-hydrogen) atoms. The number of carbonyl (C=O) groups is 1. The molecule has 0 aromatic carbocycles. The standard InChI is InChI=1S/C11H15N3O3/c1-8-7-13(4-5-14(8)11(16)17)9-2-3-12-10(15)6-9/h2-3,6,8H,4-5,7H2,1H3,(H,12,15)(H,16,17). The van der Waals surface area contributed by atoms with E-state index in [1.165, 1.54) is 11.0 Å². The monoisotopic (exact) mass is 237 g/mol. The normalized spacial score (nSPS) is 20.4. The molecule has 1 unspecified atom stereocenters. The van der Waals surface area contributed by atoms with E-state index in [0.29, 0.717) is 19.6 Å². The van der Waals surface area contributed by atoms with Crippen LogP contribution in [-0.4, -0.2) is 46.8 Å². The van der Waals surface area contributed by atoms with Gasteiger partial charge in [-0.1, -0.05) is 0 Å². The van der Waals surface area contributed by atoms with Crippen molar-refractivity contribution >= 4 is 11.8 Å². The van der Waals surface area contributed by atoms with Gasteiger partial charge in [0.15, 0.2) is 0 Å². The Morgan fingerprint density at radius 1 is 1.53 bits per heavy atom. The summed E-state index contributed by atoms with van der Waals surface area (Å²) in [6.45, 7) is 3.55. The van der Waals surface area contributed by atoms with E-state index in [1.807, 2.05) is 17.9 Å². The van der Waals surface area contributed by atoms with Crippen LogP contribution in [0, 0.1) is 0 Å². The van der Waals surface area contributed by atoms with E-state index in [9.17, 15) is 9.59 Å². The first-order valence-corrected chi connectivity index (χ1v) is 5.51. The average Bonchev–Trinajstić information content (AvgIpc) is 2.28. The largest absolute Gasteiger partial charge is 0.465 e. The summed E-state index contributed by atoms with van der Waals surface area (Å²) in [5.74, 6) is 0. The van der Waals surface area contributed by atoms with Crippen LogP contribution in [-0.2, 0) is 0 Å². The molecule has 1 amide bonds. The van der Waals surface area contributed by atoms with Crippen molar-refractivity contribution in [3.8, 4) is 0 Å². The van der Waals surface area contributed by atoms with Gasteiger partial charge in [-0.15, -0.1) is 0 Å². The molecule has 92 valence electrons.